The lowest BCUT2D eigenvalue weighted by molar-refractivity contribution is 0.0696. The summed E-state index contributed by atoms with van der Waals surface area (Å²) >= 11 is 0. The number of carboxylic acids is 2. The molecule has 0 radical (unpaired) electrons. The van der Waals surface area contributed by atoms with Crippen molar-refractivity contribution in [2.24, 2.45) is 7.05 Å². The first kappa shape index (κ1) is 11.8. The molecular weight excluding hydrogens is 236 g/mol. The number of carbonyl (C=O) groups is 2. The second-order valence-corrected chi connectivity index (χ2v) is 3.77. The highest BCUT2D eigenvalue weighted by Gasteiger charge is 2.14. The average Bonchev–Trinajstić information content (AvgIpc) is 2.74. The average molecular weight is 246 g/mol. The van der Waals surface area contributed by atoms with Gasteiger partial charge in [-0.05, 0) is 18.2 Å². The first-order valence-corrected chi connectivity index (χ1v) is 5.08. The molecule has 2 N–H and O–H groups in total. The van der Waals surface area contributed by atoms with Gasteiger partial charge in [0.15, 0.2) is 0 Å². The van der Waals surface area contributed by atoms with Crippen molar-refractivity contribution in [1.82, 2.24) is 9.55 Å². The Balaban J connectivity index is 2.64. The van der Waals surface area contributed by atoms with Crippen LogP contribution in [0.4, 0.5) is 0 Å². The summed E-state index contributed by atoms with van der Waals surface area (Å²) in [5, 5.41) is 17.9. The summed E-state index contributed by atoms with van der Waals surface area (Å²) in [4.78, 5) is 26.0. The molecule has 0 atom stereocenters. The van der Waals surface area contributed by atoms with E-state index < -0.39 is 11.9 Å². The van der Waals surface area contributed by atoms with E-state index in [9.17, 15) is 9.59 Å². The van der Waals surface area contributed by atoms with Gasteiger partial charge < -0.3 is 14.8 Å². The number of imidazole rings is 1. The molecule has 1 aromatic carbocycles. The van der Waals surface area contributed by atoms with Gasteiger partial charge in [-0.2, -0.15) is 0 Å². The zero-order valence-corrected chi connectivity index (χ0v) is 9.49. The standard InChI is InChI=1S/C12H10N2O4/c1-14-3-2-13-10(14)7-4-8(11(15)16)6-9(5-7)12(17)18/h2-6H,1H3,(H,15,16)(H,17,18). The van der Waals surface area contributed by atoms with Gasteiger partial charge in [-0.1, -0.05) is 0 Å². The van der Waals surface area contributed by atoms with Crippen LogP contribution in [0, 0.1) is 0 Å². The lowest BCUT2D eigenvalue weighted by Crippen LogP contribution is -2.04. The van der Waals surface area contributed by atoms with E-state index in [1.54, 1.807) is 24.0 Å². The van der Waals surface area contributed by atoms with Crippen LogP contribution in [0.15, 0.2) is 30.6 Å². The van der Waals surface area contributed by atoms with Gasteiger partial charge in [0.05, 0.1) is 11.1 Å². The molecule has 0 aliphatic heterocycles. The number of rotatable bonds is 3. The number of hydrogen-bond acceptors (Lipinski definition) is 3. The van der Waals surface area contributed by atoms with Crippen molar-refractivity contribution < 1.29 is 19.8 Å². The predicted molar refractivity (Wildman–Crippen MR) is 62.6 cm³/mol. The smallest absolute Gasteiger partial charge is 0.335 e. The highest BCUT2D eigenvalue weighted by Crippen LogP contribution is 2.20. The van der Waals surface area contributed by atoms with Crippen molar-refractivity contribution in [3.05, 3.63) is 41.7 Å². The van der Waals surface area contributed by atoms with Crippen molar-refractivity contribution in [2.45, 2.75) is 0 Å². The van der Waals surface area contributed by atoms with Crippen LogP contribution in [0.25, 0.3) is 11.4 Å². The first-order valence-electron chi connectivity index (χ1n) is 5.08. The molecule has 0 amide bonds. The van der Waals surface area contributed by atoms with E-state index in [2.05, 4.69) is 4.98 Å². The van der Waals surface area contributed by atoms with Crippen LogP contribution in [-0.2, 0) is 7.05 Å². The quantitative estimate of drug-likeness (QED) is 0.855. The van der Waals surface area contributed by atoms with Gasteiger partial charge >= 0.3 is 11.9 Å². The van der Waals surface area contributed by atoms with Crippen LogP contribution < -0.4 is 0 Å². The number of aromatic nitrogens is 2. The summed E-state index contributed by atoms with van der Waals surface area (Å²) in [5.74, 6) is -1.83. The maximum absolute atomic E-state index is 11.0. The van der Waals surface area contributed by atoms with Crippen LogP contribution >= 0.6 is 0 Å². The Labute approximate surface area is 102 Å². The molecule has 18 heavy (non-hydrogen) atoms. The molecule has 0 unspecified atom stereocenters. The van der Waals surface area contributed by atoms with Crippen LogP contribution in [0.3, 0.4) is 0 Å². The van der Waals surface area contributed by atoms with E-state index in [1.807, 2.05) is 0 Å². The molecule has 92 valence electrons. The molecule has 0 spiro atoms. The van der Waals surface area contributed by atoms with Crippen LogP contribution in [0.1, 0.15) is 20.7 Å². The molecule has 0 saturated heterocycles. The Morgan fingerprint density at radius 2 is 1.67 bits per heavy atom. The zero-order chi connectivity index (χ0) is 13.3. The minimum Gasteiger partial charge on any atom is -0.478 e. The minimum absolute atomic E-state index is 0.0760. The summed E-state index contributed by atoms with van der Waals surface area (Å²) < 4.78 is 1.69. The van der Waals surface area contributed by atoms with Crippen molar-refractivity contribution >= 4 is 11.9 Å². The predicted octanol–water partition coefficient (Wildman–Crippen LogP) is 1.48. The molecule has 6 nitrogen and oxygen atoms in total. The van der Waals surface area contributed by atoms with E-state index in [4.69, 9.17) is 10.2 Å². The molecule has 1 aromatic heterocycles. The van der Waals surface area contributed by atoms with Gasteiger partial charge in [-0.25, -0.2) is 14.6 Å². The molecule has 0 bridgehead atoms. The summed E-state index contributed by atoms with van der Waals surface area (Å²) in [6.45, 7) is 0. The lowest BCUT2D eigenvalue weighted by atomic mass is 10.1. The van der Waals surface area contributed by atoms with E-state index in [1.165, 1.54) is 12.1 Å². The molecule has 2 rings (SSSR count). The highest BCUT2D eigenvalue weighted by atomic mass is 16.4. The second-order valence-electron chi connectivity index (χ2n) is 3.77. The third kappa shape index (κ3) is 2.08. The van der Waals surface area contributed by atoms with E-state index in [0.717, 1.165) is 6.07 Å². The topological polar surface area (TPSA) is 92.4 Å². The summed E-state index contributed by atoms with van der Waals surface area (Å²) in [6.07, 6.45) is 3.26. The highest BCUT2D eigenvalue weighted by molar-refractivity contribution is 5.95. The number of benzene rings is 1. The Hall–Kier alpha value is -2.63. The van der Waals surface area contributed by atoms with Crippen LogP contribution in [0.2, 0.25) is 0 Å². The third-order valence-corrected chi connectivity index (χ3v) is 2.51. The number of aromatic carboxylic acids is 2. The molecule has 0 fully saturated rings. The molecule has 2 aromatic rings. The number of hydrogen-bond donors (Lipinski definition) is 2. The minimum atomic E-state index is -1.17. The molecule has 1 heterocycles. The van der Waals surface area contributed by atoms with Crippen molar-refractivity contribution in [1.29, 1.82) is 0 Å². The molecule has 0 aliphatic rings. The van der Waals surface area contributed by atoms with Gasteiger partial charge in [-0.3, -0.25) is 0 Å². The number of nitrogens with zero attached hydrogens (tertiary/aromatic N) is 2. The van der Waals surface area contributed by atoms with Crippen molar-refractivity contribution in [3.63, 3.8) is 0 Å². The van der Waals surface area contributed by atoms with E-state index in [-0.39, 0.29) is 11.1 Å². The van der Waals surface area contributed by atoms with Gasteiger partial charge in [-0.15, -0.1) is 0 Å². The fraction of sp³-hybridized carbons (Fsp3) is 0.0833. The van der Waals surface area contributed by atoms with Crippen LogP contribution in [0.5, 0.6) is 0 Å². The zero-order valence-electron chi connectivity index (χ0n) is 9.49. The fourth-order valence-electron chi connectivity index (χ4n) is 1.65. The summed E-state index contributed by atoms with van der Waals surface area (Å²) in [6, 6.07) is 3.92. The number of aryl methyl sites for hydroxylation is 1. The van der Waals surface area contributed by atoms with Crippen molar-refractivity contribution in [3.8, 4) is 11.4 Å². The SMILES string of the molecule is Cn1ccnc1-c1cc(C(=O)O)cc(C(=O)O)c1. The Morgan fingerprint density at radius 1 is 1.11 bits per heavy atom. The maximum Gasteiger partial charge on any atom is 0.335 e. The van der Waals surface area contributed by atoms with Gasteiger partial charge in [0, 0.05) is 25.0 Å². The molecule has 0 saturated carbocycles. The Kier molecular flexibility index (Phi) is 2.85. The van der Waals surface area contributed by atoms with E-state index in [0.29, 0.717) is 11.4 Å². The molecule has 6 heteroatoms. The Bertz CT molecular complexity index is 599. The molecular formula is C12H10N2O4. The third-order valence-electron chi connectivity index (χ3n) is 2.51. The monoisotopic (exact) mass is 246 g/mol. The van der Waals surface area contributed by atoms with Gasteiger partial charge in [0.2, 0.25) is 0 Å². The fourth-order valence-corrected chi connectivity index (χ4v) is 1.65. The normalized spacial score (nSPS) is 10.3. The number of carboxylic acid groups (broad SMARTS) is 2. The summed E-state index contributed by atoms with van der Waals surface area (Å²) in [5.41, 5.74) is 0.306. The largest absolute Gasteiger partial charge is 0.478 e. The van der Waals surface area contributed by atoms with E-state index >= 15 is 0 Å². The first-order chi connectivity index (χ1) is 8.49. The Morgan fingerprint density at radius 3 is 2.06 bits per heavy atom. The van der Waals surface area contributed by atoms with Gasteiger partial charge in [0.25, 0.3) is 0 Å². The molecule has 0 aliphatic carbocycles. The van der Waals surface area contributed by atoms with Crippen molar-refractivity contribution in [2.75, 3.05) is 0 Å². The maximum atomic E-state index is 11.0. The second kappa shape index (κ2) is 4.33. The summed E-state index contributed by atoms with van der Waals surface area (Å²) in [7, 11) is 1.75. The lowest BCUT2D eigenvalue weighted by Gasteiger charge is -2.05. The van der Waals surface area contributed by atoms with Crippen LogP contribution in [-0.4, -0.2) is 31.7 Å². The van der Waals surface area contributed by atoms with Gasteiger partial charge in [0.1, 0.15) is 5.82 Å².